The van der Waals surface area contributed by atoms with Crippen molar-refractivity contribution in [3.8, 4) is 0 Å². The molecule has 0 heterocycles. The summed E-state index contributed by atoms with van der Waals surface area (Å²) in [4.78, 5) is 134. The van der Waals surface area contributed by atoms with Gasteiger partial charge < -0.3 is 57.4 Å². The fourth-order valence-electron chi connectivity index (χ4n) is 4.44. The van der Waals surface area contributed by atoms with Crippen molar-refractivity contribution in [2.75, 3.05) is 12.0 Å². The van der Waals surface area contributed by atoms with Crippen LogP contribution in [-0.2, 0) is 52.7 Å². The molecule has 22 nitrogen and oxygen atoms in total. The van der Waals surface area contributed by atoms with Crippen LogP contribution < -0.4 is 31.9 Å². The molecular formula is C30H46N6O16S. The van der Waals surface area contributed by atoms with Gasteiger partial charge in [0.1, 0.15) is 36.3 Å². The van der Waals surface area contributed by atoms with Gasteiger partial charge in [-0.1, -0.05) is 6.92 Å². The third kappa shape index (κ3) is 20.2. The van der Waals surface area contributed by atoms with Gasteiger partial charge >= 0.3 is 29.8 Å². The van der Waals surface area contributed by atoms with Gasteiger partial charge in [0, 0.05) is 26.2 Å². The second-order valence-electron chi connectivity index (χ2n) is 11.5. The van der Waals surface area contributed by atoms with E-state index < -0.39 is 146 Å². The van der Waals surface area contributed by atoms with Crippen LogP contribution in [0.1, 0.15) is 71.6 Å². The van der Waals surface area contributed by atoms with Gasteiger partial charge in [0.05, 0.1) is 6.42 Å². The highest BCUT2D eigenvalue weighted by Crippen LogP contribution is 2.09. The lowest BCUT2D eigenvalue weighted by atomic mass is 10.1. The van der Waals surface area contributed by atoms with Crippen molar-refractivity contribution in [1.29, 1.82) is 0 Å². The van der Waals surface area contributed by atoms with Crippen molar-refractivity contribution in [2.45, 2.75) is 108 Å². The number of aliphatic carboxylic acids is 5. The largest absolute Gasteiger partial charge is 0.481 e. The van der Waals surface area contributed by atoms with Gasteiger partial charge in [0.25, 0.3) is 0 Å². The van der Waals surface area contributed by atoms with E-state index in [0.717, 1.165) is 6.92 Å². The first-order chi connectivity index (χ1) is 24.7. The van der Waals surface area contributed by atoms with Crippen LogP contribution in [0.2, 0.25) is 0 Å². The number of carboxylic acids is 5. The molecule has 0 spiro atoms. The van der Waals surface area contributed by atoms with Crippen LogP contribution in [0.4, 0.5) is 0 Å². The minimum Gasteiger partial charge on any atom is -0.481 e. The molecule has 0 aromatic rings. The predicted molar refractivity (Wildman–Crippen MR) is 181 cm³/mol. The van der Waals surface area contributed by atoms with E-state index in [0.29, 0.717) is 0 Å². The minimum absolute atomic E-state index is 0.0693. The molecule has 0 aliphatic carbocycles. The zero-order valence-corrected chi connectivity index (χ0v) is 30.0. The number of nitrogens with one attached hydrogen (secondary N) is 6. The number of carbonyl (C=O) groups is 11. The van der Waals surface area contributed by atoms with Gasteiger partial charge in [-0.2, -0.15) is 11.8 Å². The fourth-order valence-corrected chi connectivity index (χ4v) is 4.92. The number of carbonyl (C=O) groups excluding carboxylic acids is 6. The van der Waals surface area contributed by atoms with Crippen LogP contribution in [0.15, 0.2) is 0 Å². The summed E-state index contributed by atoms with van der Waals surface area (Å²) in [5, 5.41) is 59.3. The Kier molecular flexibility index (Phi) is 22.1. The molecule has 6 atom stereocenters. The molecule has 0 saturated heterocycles. The van der Waals surface area contributed by atoms with Crippen LogP contribution in [0, 0.1) is 0 Å². The summed E-state index contributed by atoms with van der Waals surface area (Å²) < 4.78 is 0. The first-order valence-electron chi connectivity index (χ1n) is 16.1. The van der Waals surface area contributed by atoms with Crippen LogP contribution in [0.3, 0.4) is 0 Å². The van der Waals surface area contributed by atoms with E-state index in [2.05, 4.69) is 31.9 Å². The Balaban J connectivity index is 6.38. The Labute approximate surface area is 306 Å². The number of thioether (sulfide) groups is 1. The number of carboxylic acid groups (broad SMARTS) is 5. The van der Waals surface area contributed by atoms with Crippen molar-refractivity contribution >= 4 is 77.1 Å². The molecule has 6 unspecified atom stereocenters. The Hall–Kier alpha value is -5.48. The minimum atomic E-state index is -1.70. The van der Waals surface area contributed by atoms with Gasteiger partial charge in [0.15, 0.2) is 0 Å². The van der Waals surface area contributed by atoms with E-state index in [1.54, 1.807) is 6.26 Å². The summed E-state index contributed by atoms with van der Waals surface area (Å²) in [6.45, 7) is 2.44. The van der Waals surface area contributed by atoms with Gasteiger partial charge in [-0.3, -0.25) is 47.9 Å². The number of rotatable bonds is 27. The molecule has 0 rings (SSSR count). The first-order valence-corrected chi connectivity index (χ1v) is 17.5. The highest BCUT2D eigenvalue weighted by molar-refractivity contribution is 7.98. The standard InChI is InChI=1S/C30H46N6O16S/c1-4-15(30(51)52)32-25(46)16(5-8-21(38)39)33-26(47)17(6-9-22(40)41)34-28(49)19(11-12-53-3)36-27(48)18(7-10-23(42)43)35-29(50)20(13-24(44)45)31-14(2)37/h15-20H,4-13H2,1-3H3,(H,31,37)(H,32,46)(H,33,47)(H,34,49)(H,35,50)(H,36,48)(H,38,39)(H,40,41)(H,42,43)(H,44,45)(H,51,52). The van der Waals surface area contributed by atoms with Crippen molar-refractivity contribution in [3.05, 3.63) is 0 Å². The third-order valence-corrected chi connectivity index (χ3v) is 7.82. The van der Waals surface area contributed by atoms with Crippen molar-refractivity contribution in [1.82, 2.24) is 31.9 Å². The number of hydrogen-bond acceptors (Lipinski definition) is 12. The molecule has 0 aromatic heterocycles. The lowest BCUT2D eigenvalue weighted by Crippen LogP contribution is -2.59. The quantitative estimate of drug-likeness (QED) is 0.0402. The average molecular weight is 779 g/mol. The predicted octanol–water partition coefficient (Wildman–Crippen LogP) is -2.77. The average Bonchev–Trinajstić information content (AvgIpc) is 3.05. The van der Waals surface area contributed by atoms with Crippen molar-refractivity contribution < 1.29 is 78.3 Å². The van der Waals surface area contributed by atoms with E-state index in [4.69, 9.17) is 10.2 Å². The summed E-state index contributed by atoms with van der Waals surface area (Å²) >= 11 is 1.22. The van der Waals surface area contributed by atoms with Gasteiger partial charge in [0.2, 0.25) is 35.4 Å². The van der Waals surface area contributed by atoms with E-state index in [1.807, 2.05) is 0 Å². The van der Waals surface area contributed by atoms with E-state index >= 15 is 0 Å². The van der Waals surface area contributed by atoms with Gasteiger partial charge in [-0.25, -0.2) is 4.79 Å². The molecule has 23 heteroatoms. The topological polar surface area (TPSA) is 361 Å². The lowest BCUT2D eigenvalue weighted by molar-refractivity contribution is -0.143. The summed E-state index contributed by atoms with van der Waals surface area (Å²) in [6, 6.07) is -9.57. The second-order valence-corrected chi connectivity index (χ2v) is 12.5. The van der Waals surface area contributed by atoms with Gasteiger partial charge in [-0.15, -0.1) is 0 Å². The highest BCUT2D eigenvalue weighted by atomic mass is 32.2. The lowest BCUT2D eigenvalue weighted by Gasteiger charge is -2.27. The molecule has 0 saturated carbocycles. The molecule has 6 amide bonds. The normalized spacial score (nSPS) is 14.0. The Morgan fingerprint density at radius 1 is 0.472 bits per heavy atom. The van der Waals surface area contributed by atoms with Crippen molar-refractivity contribution in [2.24, 2.45) is 0 Å². The molecule has 0 bridgehead atoms. The molecule has 53 heavy (non-hydrogen) atoms. The van der Waals surface area contributed by atoms with E-state index in [1.165, 1.54) is 18.7 Å². The molecule has 0 aliphatic heterocycles. The Morgan fingerprint density at radius 3 is 1.06 bits per heavy atom. The van der Waals surface area contributed by atoms with Crippen molar-refractivity contribution in [3.63, 3.8) is 0 Å². The van der Waals surface area contributed by atoms with Crippen LogP contribution in [0.25, 0.3) is 0 Å². The zero-order valence-electron chi connectivity index (χ0n) is 29.2. The fraction of sp³-hybridized carbons (Fsp3) is 0.633. The van der Waals surface area contributed by atoms with Crippen LogP contribution in [0.5, 0.6) is 0 Å². The summed E-state index contributed by atoms with van der Waals surface area (Å²) in [5.74, 6) is -13.2. The van der Waals surface area contributed by atoms with Crippen LogP contribution in [-0.4, -0.2) is 139 Å². The maximum atomic E-state index is 13.5. The van der Waals surface area contributed by atoms with E-state index in [9.17, 15) is 68.1 Å². The molecule has 0 fully saturated rings. The smallest absolute Gasteiger partial charge is 0.326 e. The molecule has 0 aromatic carbocycles. The Bertz CT molecular complexity index is 1360. The second kappa shape index (κ2) is 24.7. The van der Waals surface area contributed by atoms with Crippen LogP contribution >= 0.6 is 11.8 Å². The maximum Gasteiger partial charge on any atom is 0.326 e. The molecule has 298 valence electrons. The monoisotopic (exact) mass is 778 g/mol. The molecular weight excluding hydrogens is 732 g/mol. The molecule has 0 radical (unpaired) electrons. The number of amides is 6. The summed E-state index contributed by atoms with van der Waals surface area (Å²) in [5.41, 5.74) is 0. The molecule has 0 aliphatic rings. The SMILES string of the molecule is CCC(NC(=O)C(CCC(=O)O)NC(=O)C(CCC(=O)O)NC(=O)C(CCSC)NC(=O)C(CCC(=O)O)NC(=O)C(CC(=O)O)NC(C)=O)C(=O)O. The first kappa shape index (κ1) is 47.5. The highest BCUT2D eigenvalue weighted by Gasteiger charge is 2.34. The zero-order chi connectivity index (χ0) is 40.8. The summed E-state index contributed by atoms with van der Waals surface area (Å²) in [7, 11) is 0. The Morgan fingerprint density at radius 2 is 0.792 bits per heavy atom. The summed E-state index contributed by atoms with van der Waals surface area (Å²) in [6.07, 6.45) is -3.11. The van der Waals surface area contributed by atoms with Gasteiger partial charge in [-0.05, 0) is 44.1 Å². The van der Waals surface area contributed by atoms with E-state index in [-0.39, 0.29) is 18.6 Å². The number of hydrogen-bond donors (Lipinski definition) is 11. The third-order valence-electron chi connectivity index (χ3n) is 7.18. The maximum absolute atomic E-state index is 13.5. The molecule has 11 N–H and O–H groups in total.